The maximum absolute atomic E-state index is 9.09. The maximum atomic E-state index is 9.09. The summed E-state index contributed by atoms with van der Waals surface area (Å²) in [4.78, 5) is 0. The Balaban J connectivity index is 3.09. The Kier molecular flexibility index (Phi) is 2.41. The Labute approximate surface area is 69.2 Å². The average molecular weight is 177 g/mol. The van der Waals surface area contributed by atoms with Crippen molar-refractivity contribution < 1.29 is 5.11 Å². The molecule has 1 nitrogen and oxygen atoms in total. The van der Waals surface area contributed by atoms with E-state index in [0.717, 1.165) is 0 Å². The first-order chi connectivity index (χ1) is 4.74. The van der Waals surface area contributed by atoms with Crippen LogP contribution in [0.15, 0.2) is 18.2 Å². The third-order valence-corrected chi connectivity index (χ3v) is 1.71. The number of alkyl halides is 1. The van der Waals surface area contributed by atoms with Crippen LogP contribution in [0.1, 0.15) is 5.56 Å². The van der Waals surface area contributed by atoms with Gasteiger partial charge in [-0.15, -0.1) is 11.6 Å². The Morgan fingerprint density at radius 3 is 2.60 bits per heavy atom. The lowest BCUT2D eigenvalue weighted by atomic mass is 10.2. The van der Waals surface area contributed by atoms with Gasteiger partial charge in [-0.25, -0.2) is 0 Å². The van der Waals surface area contributed by atoms with Crippen LogP contribution in [0.5, 0.6) is 5.75 Å². The smallest absolute Gasteiger partial charge is 0.120 e. The van der Waals surface area contributed by atoms with Crippen molar-refractivity contribution in [3.63, 3.8) is 0 Å². The van der Waals surface area contributed by atoms with Crippen LogP contribution < -0.4 is 0 Å². The summed E-state index contributed by atoms with van der Waals surface area (Å²) < 4.78 is 0. The van der Waals surface area contributed by atoms with Gasteiger partial charge in [-0.05, 0) is 18.2 Å². The summed E-state index contributed by atoms with van der Waals surface area (Å²) in [7, 11) is 0. The standard InChI is InChI=1S/C7H6Cl2O/c8-4-5-3-6(9)1-2-7(5)10/h1-3,10H,4H2. The Morgan fingerprint density at radius 1 is 1.40 bits per heavy atom. The molecule has 54 valence electrons. The van der Waals surface area contributed by atoms with E-state index in [1.807, 2.05) is 0 Å². The van der Waals surface area contributed by atoms with Crippen LogP contribution in [-0.4, -0.2) is 5.11 Å². The van der Waals surface area contributed by atoms with E-state index < -0.39 is 0 Å². The third-order valence-electron chi connectivity index (χ3n) is 1.19. The van der Waals surface area contributed by atoms with E-state index in [2.05, 4.69) is 0 Å². The van der Waals surface area contributed by atoms with Gasteiger partial charge in [0.15, 0.2) is 0 Å². The molecule has 0 heterocycles. The number of phenolic OH excluding ortho intramolecular Hbond substituents is 1. The second kappa shape index (κ2) is 3.13. The summed E-state index contributed by atoms with van der Waals surface area (Å²) in [5, 5.41) is 9.68. The molecule has 0 radical (unpaired) electrons. The monoisotopic (exact) mass is 176 g/mol. The summed E-state index contributed by atoms with van der Waals surface area (Å²) in [5.74, 6) is 0.478. The topological polar surface area (TPSA) is 20.2 Å². The zero-order valence-corrected chi connectivity index (χ0v) is 6.65. The minimum absolute atomic E-state index is 0.194. The van der Waals surface area contributed by atoms with Gasteiger partial charge in [-0.2, -0.15) is 0 Å². The number of hydrogen-bond donors (Lipinski definition) is 1. The Bertz CT molecular complexity index is 235. The van der Waals surface area contributed by atoms with Gasteiger partial charge >= 0.3 is 0 Å². The minimum atomic E-state index is 0.194. The van der Waals surface area contributed by atoms with Crippen LogP contribution in [0, 0.1) is 0 Å². The number of phenols is 1. The highest BCUT2D eigenvalue weighted by Crippen LogP contribution is 2.22. The summed E-state index contributed by atoms with van der Waals surface area (Å²) >= 11 is 11.1. The van der Waals surface area contributed by atoms with Crippen molar-refractivity contribution in [2.45, 2.75) is 5.88 Å². The molecule has 1 aromatic rings. The molecule has 0 amide bonds. The van der Waals surface area contributed by atoms with Gasteiger partial charge in [0.1, 0.15) is 5.75 Å². The van der Waals surface area contributed by atoms with Crippen molar-refractivity contribution in [3.8, 4) is 5.75 Å². The molecule has 1 rings (SSSR count). The van der Waals surface area contributed by atoms with Gasteiger partial charge in [0.2, 0.25) is 0 Å². The first-order valence-corrected chi connectivity index (χ1v) is 3.68. The zero-order chi connectivity index (χ0) is 7.56. The molecule has 0 fully saturated rings. The fourth-order valence-corrected chi connectivity index (χ4v) is 1.07. The van der Waals surface area contributed by atoms with Crippen LogP contribution in [0.3, 0.4) is 0 Å². The van der Waals surface area contributed by atoms with Gasteiger partial charge in [-0.3, -0.25) is 0 Å². The van der Waals surface area contributed by atoms with Crippen LogP contribution in [0.25, 0.3) is 0 Å². The van der Waals surface area contributed by atoms with Crippen molar-refractivity contribution in [2.75, 3.05) is 0 Å². The fourth-order valence-electron chi connectivity index (χ4n) is 0.661. The summed E-state index contributed by atoms with van der Waals surface area (Å²) in [6, 6.07) is 4.79. The Morgan fingerprint density at radius 2 is 2.10 bits per heavy atom. The molecule has 0 aromatic heterocycles. The molecule has 0 saturated heterocycles. The average Bonchev–Trinajstić information content (AvgIpc) is 1.94. The van der Waals surface area contributed by atoms with E-state index in [4.69, 9.17) is 28.3 Å². The molecule has 0 unspecified atom stereocenters. The molecule has 1 N–H and O–H groups in total. The highest BCUT2D eigenvalue weighted by Gasteiger charge is 1.98. The van der Waals surface area contributed by atoms with Crippen LogP contribution in [0.2, 0.25) is 5.02 Å². The SMILES string of the molecule is Oc1ccc(Cl)cc1CCl. The van der Waals surface area contributed by atoms with Crippen molar-refractivity contribution in [1.29, 1.82) is 0 Å². The van der Waals surface area contributed by atoms with Gasteiger partial charge in [0.05, 0.1) is 5.88 Å². The highest BCUT2D eigenvalue weighted by atomic mass is 35.5. The molecule has 0 spiro atoms. The van der Waals surface area contributed by atoms with Gasteiger partial charge in [-0.1, -0.05) is 11.6 Å². The molecule has 3 heteroatoms. The molecule has 10 heavy (non-hydrogen) atoms. The van der Waals surface area contributed by atoms with E-state index in [-0.39, 0.29) is 11.6 Å². The molecule has 0 aliphatic carbocycles. The lowest BCUT2D eigenvalue weighted by Gasteiger charge is -1.98. The number of hydrogen-bond acceptors (Lipinski definition) is 1. The lowest BCUT2D eigenvalue weighted by Crippen LogP contribution is -1.77. The molecule has 0 aliphatic heterocycles. The van der Waals surface area contributed by atoms with E-state index in [1.54, 1.807) is 12.1 Å². The zero-order valence-electron chi connectivity index (χ0n) is 5.14. The normalized spacial score (nSPS) is 9.80. The first-order valence-electron chi connectivity index (χ1n) is 2.77. The van der Waals surface area contributed by atoms with Crippen molar-refractivity contribution >= 4 is 23.2 Å². The number of benzene rings is 1. The van der Waals surface area contributed by atoms with Crippen LogP contribution in [0.4, 0.5) is 0 Å². The van der Waals surface area contributed by atoms with Crippen molar-refractivity contribution in [1.82, 2.24) is 0 Å². The second-order valence-electron chi connectivity index (χ2n) is 1.91. The minimum Gasteiger partial charge on any atom is -0.508 e. The largest absolute Gasteiger partial charge is 0.508 e. The third kappa shape index (κ3) is 1.55. The van der Waals surface area contributed by atoms with Crippen LogP contribution >= 0.6 is 23.2 Å². The van der Waals surface area contributed by atoms with Crippen LogP contribution in [-0.2, 0) is 5.88 Å². The first kappa shape index (κ1) is 7.70. The van der Waals surface area contributed by atoms with Gasteiger partial charge in [0, 0.05) is 10.6 Å². The molecule has 1 aromatic carbocycles. The quantitative estimate of drug-likeness (QED) is 0.654. The van der Waals surface area contributed by atoms with Crippen molar-refractivity contribution in [3.05, 3.63) is 28.8 Å². The van der Waals surface area contributed by atoms with Crippen molar-refractivity contribution in [2.24, 2.45) is 0 Å². The summed E-state index contributed by atoms with van der Waals surface area (Å²) in [6.07, 6.45) is 0. The molecule has 0 bridgehead atoms. The molecular weight excluding hydrogens is 171 g/mol. The summed E-state index contributed by atoms with van der Waals surface area (Å²) in [5.41, 5.74) is 0.661. The molecule has 0 aliphatic rings. The number of aromatic hydroxyl groups is 1. The van der Waals surface area contributed by atoms with E-state index in [1.165, 1.54) is 6.07 Å². The lowest BCUT2D eigenvalue weighted by molar-refractivity contribution is 0.470. The van der Waals surface area contributed by atoms with E-state index >= 15 is 0 Å². The summed E-state index contributed by atoms with van der Waals surface area (Å²) in [6.45, 7) is 0. The Hall–Kier alpha value is -0.400. The highest BCUT2D eigenvalue weighted by molar-refractivity contribution is 6.30. The molecular formula is C7H6Cl2O. The van der Waals surface area contributed by atoms with Gasteiger partial charge in [0.25, 0.3) is 0 Å². The van der Waals surface area contributed by atoms with E-state index in [0.29, 0.717) is 10.6 Å². The fraction of sp³-hybridized carbons (Fsp3) is 0.143. The van der Waals surface area contributed by atoms with E-state index in [9.17, 15) is 0 Å². The maximum Gasteiger partial charge on any atom is 0.120 e. The number of halogens is 2. The predicted octanol–water partition coefficient (Wildman–Crippen LogP) is 2.78. The second-order valence-corrected chi connectivity index (χ2v) is 2.61. The number of rotatable bonds is 1. The molecule has 0 saturated carbocycles. The molecule has 0 atom stereocenters. The predicted molar refractivity (Wildman–Crippen MR) is 42.7 cm³/mol. The van der Waals surface area contributed by atoms with Gasteiger partial charge < -0.3 is 5.11 Å².